The molecule has 0 radical (unpaired) electrons. The Hall–Kier alpha value is -4.00. The quantitative estimate of drug-likeness (QED) is 0.272. The van der Waals surface area contributed by atoms with Crippen molar-refractivity contribution in [2.75, 3.05) is 0 Å². The molecule has 0 aliphatic carbocycles. The van der Waals surface area contributed by atoms with Crippen molar-refractivity contribution in [2.24, 2.45) is 7.05 Å². The number of carbonyl (C=O) groups excluding carboxylic acids is 2. The Balaban J connectivity index is 1.40. The monoisotopic (exact) mass is 418 g/mol. The maximum Gasteiger partial charge on any atom is 0.328 e. The summed E-state index contributed by atoms with van der Waals surface area (Å²) in [5, 5.41) is 0. The van der Waals surface area contributed by atoms with Crippen molar-refractivity contribution < 1.29 is 18.7 Å². The molecule has 4 aromatic rings. The summed E-state index contributed by atoms with van der Waals surface area (Å²) in [4.78, 5) is 37.1. The first-order chi connectivity index (χ1) is 14.9. The highest BCUT2D eigenvalue weighted by molar-refractivity contribution is 6.09. The molecule has 156 valence electrons. The lowest BCUT2D eigenvalue weighted by Crippen LogP contribution is -2.24. The van der Waals surface area contributed by atoms with Gasteiger partial charge in [0.15, 0.2) is 5.78 Å². The molecule has 0 N–H and O–H groups in total. The third kappa shape index (κ3) is 4.16. The minimum atomic E-state index is -0.488. The van der Waals surface area contributed by atoms with Gasteiger partial charge in [0.1, 0.15) is 11.6 Å². The van der Waals surface area contributed by atoms with Crippen LogP contribution in [0.3, 0.4) is 0 Å². The van der Waals surface area contributed by atoms with Crippen LogP contribution >= 0.6 is 0 Å². The van der Waals surface area contributed by atoms with Gasteiger partial charge in [0.25, 0.3) is 0 Å². The summed E-state index contributed by atoms with van der Waals surface area (Å²) in [5.74, 6) is -0.860. The number of carbonyl (C=O) groups is 2. The van der Waals surface area contributed by atoms with Crippen LogP contribution < -0.4 is 10.4 Å². The average Bonchev–Trinajstić information content (AvgIpc) is 3.03. The average molecular weight is 418 g/mol. The zero-order valence-corrected chi connectivity index (χ0v) is 16.7. The smallest absolute Gasteiger partial charge is 0.328 e. The van der Waals surface area contributed by atoms with Gasteiger partial charge in [-0.25, -0.2) is 9.18 Å². The lowest BCUT2D eigenvalue weighted by Gasteiger charge is -2.07. The molecule has 6 nitrogen and oxygen atoms in total. The van der Waals surface area contributed by atoms with Gasteiger partial charge < -0.3 is 4.74 Å². The lowest BCUT2D eigenvalue weighted by atomic mass is 10.0. The summed E-state index contributed by atoms with van der Waals surface area (Å²) in [6.45, 7) is 0.195. The van der Waals surface area contributed by atoms with E-state index in [0.29, 0.717) is 16.9 Å². The van der Waals surface area contributed by atoms with Crippen molar-refractivity contribution in [1.82, 2.24) is 9.13 Å². The molecule has 0 atom stereocenters. The Morgan fingerprint density at radius 3 is 2.10 bits per heavy atom. The summed E-state index contributed by atoms with van der Waals surface area (Å²) >= 11 is 0. The summed E-state index contributed by atoms with van der Waals surface area (Å²) in [6.07, 6.45) is 0.0180. The molecule has 0 aliphatic rings. The largest absolute Gasteiger partial charge is 0.426 e. The number of aromatic nitrogens is 2. The van der Waals surface area contributed by atoms with E-state index >= 15 is 0 Å². The highest BCUT2D eigenvalue weighted by atomic mass is 19.1. The molecule has 0 aliphatic heterocycles. The van der Waals surface area contributed by atoms with Crippen LogP contribution in [0.15, 0.2) is 77.6 Å². The number of halogens is 1. The Kier molecular flexibility index (Phi) is 5.49. The van der Waals surface area contributed by atoms with Gasteiger partial charge in [-0.05, 0) is 60.7 Å². The third-order valence-electron chi connectivity index (χ3n) is 5.05. The number of hydrogen-bond donors (Lipinski definition) is 0. The van der Waals surface area contributed by atoms with Crippen molar-refractivity contribution in [3.63, 3.8) is 0 Å². The topological polar surface area (TPSA) is 70.3 Å². The number of fused-ring (bicyclic) bond motifs is 1. The minimum absolute atomic E-state index is 0.0180. The van der Waals surface area contributed by atoms with E-state index in [0.717, 1.165) is 11.0 Å². The molecule has 31 heavy (non-hydrogen) atoms. The summed E-state index contributed by atoms with van der Waals surface area (Å²) in [6, 6.07) is 18.8. The highest BCUT2D eigenvalue weighted by Crippen LogP contribution is 2.17. The van der Waals surface area contributed by atoms with E-state index in [9.17, 15) is 18.8 Å². The molecule has 0 spiro atoms. The number of benzene rings is 3. The molecule has 0 saturated carbocycles. The SMILES string of the molecule is Cn1c(=O)n(CCC(=O)Oc2ccc(C(=O)c3ccc(F)cc3)cc2)c2ccccc21. The van der Waals surface area contributed by atoms with Crippen LogP contribution in [0, 0.1) is 5.82 Å². The lowest BCUT2D eigenvalue weighted by molar-refractivity contribution is -0.134. The van der Waals surface area contributed by atoms with Crippen LogP contribution in [0.5, 0.6) is 5.75 Å². The Bertz CT molecular complexity index is 1320. The number of ketones is 1. The number of imidazole rings is 1. The van der Waals surface area contributed by atoms with Crippen LogP contribution in [0.4, 0.5) is 4.39 Å². The molecule has 0 bridgehead atoms. The molecule has 0 amide bonds. The minimum Gasteiger partial charge on any atom is -0.426 e. The predicted molar refractivity (Wildman–Crippen MR) is 114 cm³/mol. The molecule has 0 unspecified atom stereocenters. The Labute approximate surface area is 177 Å². The normalized spacial score (nSPS) is 10.9. The molecule has 0 saturated heterocycles. The molecule has 1 heterocycles. The first kappa shape index (κ1) is 20.3. The highest BCUT2D eigenvalue weighted by Gasteiger charge is 2.13. The van der Waals surface area contributed by atoms with E-state index < -0.39 is 11.8 Å². The number of aryl methyl sites for hydroxylation is 2. The first-order valence-electron chi connectivity index (χ1n) is 9.69. The maximum atomic E-state index is 13.0. The van der Waals surface area contributed by atoms with Crippen molar-refractivity contribution in [2.45, 2.75) is 13.0 Å². The zero-order chi connectivity index (χ0) is 22.0. The zero-order valence-electron chi connectivity index (χ0n) is 16.7. The summed E-state index contributed by atoms with van der Waals surface area (Å²) in [5.41, 5.74) is 2.12. The fraction of sp³-hybridized carbons (Fsp3) is 0.125. The second kappa shape index (κ2) is 8.39. The van der Waals surface area contributed by atoms with E-state index in [1.165, 1.54) is 41.0 Å². The number of nitrogens with zero attached hydrogens (tertiary/aromatic N) is 2. The molecule has 0 fully saturated rings. The number of esters is 1. The fourth-order valence-electron chi connectivity index (χ4n) is 3.41. The van der Waals surface area contributed by atoms with Crippen molar-refractivity contribution in [1.29, 1.82) is 0 Å². The third-order valence-corrected chi connectivity index (χ3v) is 5.05. The van der Waals surface area contributed by atoms with Crippen LogP contribution in [0.1, 0.15) is 22.3 Å². The van der Waals surface area contributed by atoms with Crippen molar-refractivity contribution >= 4 is 22.8 Å². The standard InChI is InChI=1S/C24H19FN2O4/c1-26-20-4-2-3-5-21(20)27(24(26)30)15-14-22(28)31-19-12-8-17(9-13-19)23(29)16-6-10-18(25)11-7-16/h2-13H,14-15H2,1H3. The van der Waals surface area contributed by atoms with Gasteiger partial charge in [0, 0.05) is 24.7 Å². The van der Waals surface area contributed by atoms with Gasteiger partial charge in [-0.3, -0.25) is 18.7 Å². The van der Waals surface area contributed by atoms with Crippen molar-refractivity contribution in [3.8, 4) is 5.75 Å². The van der Waals surface area contributed by atoms with Crippen LogP contribution in [0.2, 0.25) is 0 Å². The molecular formula is C24H19FN2O4. The van der Waals surface area contributed by atoms with Crippen molar-refractivity contribution in [3.05, 3.63) is 100 Å². The fourth-order valence-corrected chi connectivity index (χ4v) is 3.41. The Morgan fingerprint density at radius 2 is 1.45 bits per heavy atom. The van der Waals surface area contributed by atoms with Gasteiger partial charge in [-0.1, -0.05) is 12.1 Å². The van der Waals surface area contributed by atoms with Gasteiger partial charge in [0.05, 0.1) is 17.5 Å². The summed E-state index contributed by atoms with van der Waals surface area (Å²) in [7, 11) is 1.69. The van der Waals surface area contributed by atoms with Gasteiger partial charge in [-0.15, -0.1) is 0 Å². The van der Waals surface area contributed by atoms with E-state index in [1.807, 2.05) is 24.3 Å². The van der Waals surface area contributed by atoms with E-state index in [-0.39, 0.29) is 24.4 Å². The molecular weight excluding hydrogens is 399 g/mol. The van der Waals surface area contributed by atoms with E-state index in [4.69, 9.17) is 4.74 Å². The van der Waals surface area contributed by atoms with E-state index in [2.05, 4.69) is 0 Å². The number of ether oxygens (including phenoxy) is 1. The van der Waals surface area contributed by atoms with Crippen LogP contribution in [-0.2, 0) is 18.4 Å². The number of para-hydroxylation sites is 2. The molecule has 1 aromatic heterocycles. The maximum absolute atomic E-state index is 13.0. The summed E-state index contributed by atoms with van der Waals surface area (Å²) < 4.78 is 21.4. The number of hydrogen-bond acceptors (Lipinski definition) is 4. The second-order valence-corrected chi connectivity index (χ2v) is 7.07. The first-order valence-corrected chi connectivity index (χ1v) is 9.69. The second-order valence-electron chi connectivity index (χ2n) is 7.07. The Morgan fingerprint density at radius 1 is 0.871 bits per heavy atom. The van der Waals surface area contributed by atoms with Crippen LogP contribution in [-0.4, -0.2) is 20.9 Å². The van der Waals surface area contributed by atoms with Crippen LogP contribution in [0.25, 0.3) is 11.0 Å². The molecule has 4 rings (SSSR count). The molecule has 3 aromatic carbocycles. The van der Waals surface area contributed by atoms with Gasteiger partial charge in [0.2, 0.25) is 0 Å². The predicted octanol–water partition coefficient (Wildman–Crippen LogP) is 3.71. The van der Waals surface area contributed by atoms with Gasteiger partial charge in [-0.2, -0.15) is 0 Å². The van der Waals surface area contributed by atoms with Gasteiger partial charge >= 0.3 is 11.7 Å². The number of rotatable bonds is 6. The van der Waals surface area contributed by atoms with E-state index in [1.54, 1.807) is 23.7 Å². The molecule has 7 heteroatoms.